The van der Waals surface area contributed by atoms with Gasteiger partial charge < -0.3 is 15.5 Å². The molecule has 0 aromatic carbocycles. The zero-order chi connectivity index (χ0) is 19.3. The lowest BCUT2D eigenvalue weighted by Crippen LogP contribution is -2.47. The number of rotatable bonds is 6. The van der Waals surface area contributed by atoms with E-state index in [0.717, 1.165) is 25.0 Å². The standard InChI is InChI=1S/C19H31N5O2/c1-5-23(6-2)17(25)14-8-7-9-24(12-14)18(26)16-11-15(10-13(3)4)21-19(20)22-16/h11,13-14H,5-10,12H2,1-4H3,(H2,20,21,22). The Morgan fingerprint density at radius 3 is 2.62 bits per heavy atom. The summed E-state index contributed by atoms with van der Waals surface area (Å²) in [6.07, 6.45) is 2.39. The summed E-state index contributed by atoms with van der Waals surface area (Å²) in [5, 5.41) is 0. The summed E-state index contributed by atoms with van der Waals surface area (Å²) >= 11 is 0. The number of piperidine rings is 1. The van der Waals surface area contributed by atoms with Gasteiger partial charge in [0.1, 0.15) is 5.69 Å². The maximum absolute atomic E-state index is 12.9. The van der Waals surface area contributed by atoms with Crippen molar-refractivity contribution >= 4 is 17.8 Å². The highest BCUT2D eigenvalue weighted by Crippen LogP contribution is 2.21. The van der Waals surface area contributed by atoms with Crippen LogP contribution < -0.4 is 5.73 Å². The van der Waals surface area contributed by atoms with Gasteiger partial charge in [0, 0.05) is 31.9 Å². The number of likely N-dealkylation sites (tertiary alicyclic amines) is 1. The molecular weight excluding hydrogens is 330 g/mol. The van der Waals surface area contributed by atoms with E-state index in [2.05, 4.69) is 23.8 Å². The second kappa shape index (κ2) is 8.96. The number of hydrogen-bond donors (Lipinski definition) is 1. The number of carbonyl (C=O) groups excluding carboxylic acids is 2. The molecule has 2 rings (SSSR count). The molecule has 1 aromatic rings. The quantitative estimate of drug-likeness (QED) is 0.836. The van der Waals surface area contributed by atoms with Crippen molar-refractivity contribution in [3.63, 3.8) is 0 Å². The molecule has 1 aromatic heterocycles. The first kappa shape index (κ1) is 20.1. The van der Waals surface area contributed by atoms with Crippen LogP contribution in [0.3, 0.4) is 0 Å². The van der Waals surface area contributed by atoms with Gasteiger partial charge in [-0.05, 0) is 45.1 Å². The Bertz CT molecular complexity index is 643. The van der Waals surface area contributed by atoms with E-state index in [-0.39, 0.29) is 23.7 Å². The molecule has 2 amide bonds. The van der Waals surface area contributed by atoms with Crippen molar-refractivity contribution in [3.8, 4) is 0 Å². The maximum atomic E-state index is 12.9. The number of nitrogen functional groups attached to an aromatic ring is 1. The third kappa shape index (κ3) is 4.93. The van der Waals surface area contributed by atoms with Crippen LogP contribution in [-0.2, 0) is 11.2 Å². The Morgan fingerprint density at radius 1 is 1.31 bits per heavy atom. The molecule has 1 unspecified atom stereocenters. The molecule has 1 aliphatic rings. The van der Waals surface area contributed by atoms with Crippen LogP contribution in [0.25, 0.3) is 0 Å². The summed E-state index contributed by atoms with van der Waals surface area (Å²) in [5.41, 5.74) is 6.90. The summed E-state index contributed by atoms with van der Waals surface area (Å²) in [6.45, 7) is 10.6. The SMILES string of the molecule is CCN(CC)C(=O)C1CCCN(C(=O)c2cc(CC(C)C)nc(N)n2)C1. The van der Waals surface area contributed by atoms with Crippen molar-refractivity contribution in [2.75, 3.05) is 31.9 Å². The van der Waals surface area contributed by atoms with Crippen LogP contribution in [0.1, 0.15) is 56.7 Å². The lowest BCUT2D eigenvalue weighted by molar-refractivity contribution is -0.136. The molecule has 1 aliphatic heterocycles. The fourth-order valence-corrected chi connectivity index (χ4v) is 3.47. The largest absolute Gasteiger partial charge is 0.368 e. The van der Waals surface area contributed by atoms with Crippen LogP contribution in [0.4, 0.5) is 5.95 Å². The normalized spacial score (nSPS) is 17.4. The minimum atomic E-state index is -0.166. The van der Waals surface area contributed by atoms with Gasteiger partial charge in [-0.2, -0.15) is 0 Å². The van der Waals surface area contributed by atoms with Crippen molar-refractivity contribution in [2.45, 2.75) is 47.0 Å². The Hall–Kier alpha value is -2.18. The number of nitrogens with zero attached hydrogens (tertiary/aromatic N) is 4. The summed E-state index contributed by atoms with van der Waals surface area (Å²) < 4.78 is 0. The average Bonchev–Trinajstić information content (AvgIpc) is 2.61. The third-order valence-corrected chi connectivity index (χ3v) is 4.77. The summed E-state index contributed by atoms with van der Waals surface area (Å²) in [5.74, 6) is 0.371. The van der Waals surface area contributed by atoms with Crippen molar-refractivity contribution in [2.24, 2.45) is 11.8 Å². The van der Waals surface area contributed by atoms with Crippen molar-refractivity contribution in [1.82, 2.24) is 19.8 Å². The zero-order valence-corrected chi connectivity index (χ0v) is 16.4. The molecular formula is C19H31N5O2. The minimum Gasteiger partial charge on any atom is -0.368 e. The van der Waals surface area contributed by atoms with Gasteiger partial charge in [-0.1, -0.05) is 13.8 Å². The third-order valence-electron chi connectivity index (χ3n) is 4.77. The Kier molecular flexibility index (Phi) is 6.94. The van der Waals surface area contributed by atoms with Crippen LogP contribution in [0.2, 0.25) is 0 Å². The fraction of sp³-hybridized carbons (Fsp3) is 0.684. The molecule has 2 N–H and O–H groups in total. The van der Waals surface area contributed by atoms with Gasteiger partial charge >= 0.3 is 0 Å². The molecule has 0 aliphatic carbocycles. The molecule has 1 saturated heterocycles. The second-order valence-corrected chi connectivity index (χ2v) is 7.30. The van der Waals surface area contributed by atoms with Gasteiger partial charge in [-0.3, -0.25) is 9.59 Å². The first-order valence-electron chi connectivity index (χ1n) is 9.57. The average molecular weight is 361 g/mol. The van der Waals surface area contributed by atoms with Gasteiger partial charge in [-0.25, -0.2) is 9.97 Å². The second-order valence-electron chi connectivity index (χ2n) is 7.30. The Balaban J connectivity index is 2.14. The lowest BCUT2D eigenvalue weighted by Gasteiger charge is -2.34. The first-order chi connectivity index (χ1) is 12.3. The molecule has 0 bridgehead atoms. The molecule has 2 heterocycles. The molecule has 0 saturated carbocycles. The van der Waals surface area contributed by atoms with Crippen molar-refractivity contribution in [3.05, 3.63) is 17.5 Å². The Labute approximate surface area is 156 Å². The van der Waals surface area contributed by atoms with E-state index >= 15 is 0 Å². The van der Waals surface area contributed by atoms with Gasteiger partial charge in [0.25, 0.3) is 5.91 Å². The van der Waals surface area contributed by atoms with Gasteiger partial charge in [0.15, 0.2) is 0 Å². The predicted molar refractivity (Wildman–Crippen MR) is 102 cm³/mol. The number of carbonyl (C=O) groups is 2. The zero-order valence-electron chi connectivity index (χ0n) is 16.4. The van der Waals surface area contributed by atoms with Crippen LogP contribution in [0.5, 0.6) is 0 Å². The predicted octanol–water partition coefficient (Wildman–Crippen LogP) is 1.98. The van der Waals surface area contributed by atoms with Crippen LogP contribution >= 0.6 is 0 Å². The van der Waals surface area contributed by atoms with Crippen LogP contribution in [0, 0.1) is 11.8 Å². The van der Waals surface area contributed by atoms with E-state index in [1.54, 1.807) is 11.0 Å². The molecule has 26 heavy (non-hydrogen) atoms. The highest BCUT2D eigenvalue weighted by Gasteiger charge is 2.31. The Morgan fingerprint density at radius 2 is 2.00 bits per heavy atom. The van der Waals surface area contributed by atoms with Crippen LogP contribution in [0.15, 0.2) is 6.07 Å². The van der Waals surface area contributed by atoms with E-state index in [4.69, 9.17) is 5.73 Å². The van der Waals surface area contributed by atoms with Gasteiger partial charge in [0.2, 0.25) is 11.9 Å². The van der Waals surface area contributed by atoms with Gasteiger partial charge in [-0.15, -0.1) is 0 Å². The molecule has 7 nitrogen and oxygen atoms in total. The van der Waals surface area contributed by atoms with E-state index in [1.807, 2.05) is 18.7 Å². The summed E-state index contributed by atoms with van der Waals surface area (Å²) in [7, 11) is 0. The summed E-state index contributed by atoms with van der Waals surface area (Å²) in [4.78, 5) is 37.5. The maximum Gasteiger partial charge on any atom is 0.272 e. The fourth-order valence-electron chi connectivity index (χ4n) is 3.47. The molecule has 7 heteroatoms. The number of aromatic nitrogens is 2. The van der Waals surface area contributed by atoms with E-state index < -0.39 is 0 Å². The minimum absolute atomic E-state index is 0.124. The number of hydrogen-bond acceptors (Lipinski definition) is 5. The monoisotopic (exact) mass is 361 g/mol. The lowest BCUT2D eigenvalue weighted by atomic mass is 9.96. The molecule has 144 valence electrons. The van der Waals surface area contributed by atoms with Crippen molar-refractivity contribution in [1.29, 1.82) is 0 Å². The first-order valence-corrected chi connectivity index (χ1v) is 9.57. The van der Waals surface area contributed by atoms with E-state index in [9.17, 15) is 9.59 Å². The van der Waals surface area contributed by atoms with Gasteiger partial charge in [0.05, 0.1) is 5.92 Å². The van der Waals surface area contributed by atoms with E-state index in [0.29, 0.717) is 37.8 Å². The molecule has 0 radical (unpaired) electrons. The molecule has 1 atom stereocenters. The molecule has 1 fully saturated rings. The van der Waals surface area contributed by atoms with Crippen molar-refractivity contribution < 1.29 is 9.59 Å². The number of amides is 2. The number of anilines is 1. The topological polar surface area (TPSA) is 92.4 Å². The smallest absolute Gasteiger partial charge is 0.272 e. The molecule has 0 spiro atoms. The van der Waals surface area contributed by atoms with Crippen LogP contribution in [-0.4, -0.2) is 57.8 Å². The highest BCUT2D eigenvalue weighted by atomic mass is 16.2. The highest BCUT2D eigenvalue weighted by molar-refractivity contribution is 5.93. The number of nitrogens with two attached hydrogens (primary N) is 1. The van der Waals surface area contributed by atoms with E-state index in [1.165, 1.54) is 0 Å². The summed E-state index contributed by atoms with van der Waals surface area (Å²) in [6, 6.07) is 1.73.